The largest absolute Gasteiger partial charge is 0.369 e. The average Bonchev–Trinajstić information content (AvgIpc) is 2.75. The van der Waals surface area contributed by atoms with E-state index in [2.05, 4.69) is 10.4 Å². The van der Waals surface area contributed by atoms with Gasteiger partial charge in [0.15, 0.2) is 0 Å². The summed E-state index contributed by atoms with van der Waals surface area (Å²) in [5.41, 5.74) is 2.46. The summed E-state index contributed by atoms with van der Waals surface area (Å²) in [6.45, 7) is 6.56. The number of nitrogens with one attached hydrogen (secondary N) is 1. The molecular weight excluding hydrogens is 273 g/mol. The first-order valence-electron chi connectivity index (χ1n) is 7.69. The fourth-order valence-corrected chi connectivity index (χ4v) is 3.20. The van der Waals surface area contributed by atoms with Crippen molar-refractivity contribution in [3.8, 4) is 0 Å². The van der Waals surface area contributed by atoms with Crippen LogP contribution in [0.2, 0.25) is 0 Å². The molecule has 6 heteroatoms. The summed E-state index contributed by atoms with van der Waals surface area (Å²) in [7, 11) is 0. The maximum atomic E-state index is 12.9. The van der Waals surface area contributed by atoms with Gasteiger partial charge in [-0.3, -0.25) is 9.48 Å². The molecule has 0 saturated heterocycles. The average molecular weight is 295 g/mol. The lowest BCUT2D eigenvalue weighted by Gasteiger charge is -2.30. The summed E-state index contributed by atoms with van der Waals surface area (Å²) >= 11 is 0. The molecule has 0 spiro atoms. The van der Waals surface area contributed by atoms with Crippen LogP contribution < -0.4 is 5.32 Å². The SMILES string of the molecule is CCn1nc2c(c1C(=O)NC1CC(F)C1)C[C@H](C)O[C@@H]2C. The van der Waals surface area contributed by atoms with Crippen molar-refractivity contribution in [3.63, 3.8) is 0 Å². The minimum Gasteiger partial charge on any atom is -0.369 e. The number of aryl methyl sites for hydroxylation is 1. The number of amides is 1. The van der Waals surface area contributed by atoms with Gasteiger partial charge in [0.2, 0.25) is 0 Å². The van der Waals surface area contributed by atoms with Gasteiger partial charge in [0.05, 0.1) is 17.9 Å². The standard InChI is InChI=1S/C15H22FN3O2/c1-4-19-14(15(20)17-11-6-10(16)7-11)12-5-8(2)21-9(3)13(12)18-19/h8-11H,4-7H2,1-3H3,(H,17,20)/t8-,9+,10?,11?/m0/s1. The van der Waals surface area contributed by atoms with Crippen molar-refractivity contribution in [2.75, 3.05) is 0 Å². The van der Waals surface area contributed by atoms with Crippen LogP contribution in [-0.2, 0) is 17.7 Å². The van der Waals surface area contributed by atoms with Gasteiger partial charge in [-0.1, -0.05) is 0 Å². The van der Waals surface area contributed by atoms with Crippen molar-refractivity contribution >= 4 is 5.91 Å². The fourth-order valence-electron chi connectivity index (χ4n) is 3.20. The Kier molecular flexibility index (Phi) is 3.73. The van der Waals surface area contributed by atoms with Crippen LogP contribution >= 0.6 is 0 Å². The first kappa shape index (κ1) is 14.5. The van der Waals surface area contributed by atoms with Crippen LogP contribution in [-0.4, -0.2) is 34.0 Å². The van der Waals surface area contributed by atoms with E-state index < -0.39 is 6.17 Å². The normalized spacial score (nSPS) is 31.4. The number of fused-ring (bicyclic) bond motifs is 1. The van der Waals surface area contributed by atoms with Gasteiger partial charge in [0.1, 0.15) is 11.9 Å². The van der Waals surface area contributed by atoms with Crippen LogP contribution in [0.15, 0.2) is 0 Å². The molecule has 2 atom stereocenters. The van der Waals surface area contributed by atoms with Gasteiger partial charge in [-0.15, -0.1) is 0 Å². The van der Waals surface area contributed by atoms with Gasteiger partial charge in [0.25, 0.3) is 5.91 Å². The number of carbonyl (C=O) groups excluding carboxylic acids is 1. The molecule has 1 aliphatic carbocycles. The molecule has 1 amide bonds. The van der Waals surface area contributed by atoms with Gasteiger partial charge >= 0.3 is 0 Å². The van der Waals surface area contributed by atoms with Gasteiger partial charge in [-0.05, 0) is 33.6 Å². The lowest BCUT2D eigenvalue weighted by Crippen LogP contribution is -2.46. The Morgan fingerprint density at radius 1 is 1.48 bits per heavy atom. The molecule has 21 heavy (non-hydrogen) atoms. The van der Waals surface area contributed by atoms with Gasteiger partial charge < -0.3 is 10.1 Å². The number of halogens is 1. The highest BCUT2D eigenvalue weighted by molar-refractivity contribution is 5.94. The lowest BCUT2D eigenvalue weighted by molar-refractivity contribution is -0.00712. The quantitative estimate of drug-likeness (QED) is 0.929. The number of aromatic nitrogens is 2. The van der Waals surface area contributed by atoms with Crippen molar-refractivity contribution in [2.24, 2.45) is 0 Å². The number of rotatable bonds is 3. The first-order chi connectivity index (χ1) is 9.99. The van der Waals surface area contributed by atoms with E-state index in [-0.39, 0.29) is 24.2 Å². The predicted octanol–water partition coefficient (Wildman–Crippen LogP) is 2.16. The van der Waals surface area contributed by atoms with Crippen LogP contribution in [0.3, 0.4) is 0 Å². The van der Waals surface area contributed by atoms with Crippen molar-refractivity contribution in [3.05, 3.63) is 17.0 Å². The number of nitrogens with zero attached hydrogens (tertiary/aromatic N) is 2. The summed E-state index contributed by atoms with van der Waals surface area (Å²) in [5, 5.41) is 7.45. The number of ether oxygens (including phenoxy) is 1. The number of alkyl halides is 1. The highest BCUT2D eigenvalue weighted by atomic mass is 19.1. The minimum atomic E-state index is -0.770. The third kappa shape index (κ3) is 2.57. The zero-order valence-electron chi connectivity index (χ0n) is 12.7. The number of hydrogen-bond acceptors (Lipinski definition) is 3. The summed E-state index contributed by atoms with van der Waals surface area (Å²) < 4.78 is 20.4. The molecular formula is C15H22FN3O2. The van der Waals surface area contributed by atoms with E-state index in [1.807, 2.05) is 20.8 Å². The van der Waals surface area contributed by atoms with E-state index in [0.717, 1.165) is 11.3 Å². The molecule has 5 nitrogen and oxygen atoms in total. The molecule has 2 heterocycles. The molecule has 116 valence electrons. The van der Waals surface area contributed by atoms with Crippen molar-refractivity contribution < 1.29 is 13.9 Å². The molecule has 1 N–H and O–H groups in total. The van der Waals surface area contributed by atoms with Gasteiger partial charge in [-0.25, -0.2) is 4.39 Å². The Morgan fingerprint density at radius 2 is 2.19 bits per heavy atom. The highest BCUT2D eigenvalue weighted by Gasteiger charge is 2.35. The molecule has 1 saturated carbocycles. The highest BCUT2D eigenvalue weighted by Crippen LogP contribution is 2.32. The fraction of sp³-hybridized carbons (Fsp3) is 0.733. The molecule has 3 rings (SSSR count). The number of carbonyl (C=O) groups is 1. The number of hydrogen-bond donors (Lipinski definition) is 1. The molecule has 0 radical (unpaired) electrons. The topological polar surface area (TPSA) is 56.2 Å². The van der Waals surface area contributed by atoms with Crippen LogP contribution in [0, 0.1) is 0 Å². The monoisotopic (exact) mass is 295 g/mol. The first-order valence-corrected chi connectivity index (χ1v) is 7.69. The summed E-state index contributed by atoms with van der Waals surface area (Å²) in [6.07, 6.45) is 0.746. The maximum Gasteiger partial charge on any atom is 0.270 e. The molecule has 1 fully saturated rings. The Morgan fingerprint density at radius 3 is 2.81 bits per heavy atom. The Labute approximate surface area is 123 Å². The summed E-state index contributed by atoms with van der Waals surface area (Å²) in [4.78, 5) is 12.5. The second kappa shape index (κ2) is 5.40. The Hall–Kier alpha value is -1.43. The van der Waals surface area contributed by atoms with Crippen LogP contribution in [0.4, 0.5) is 4.39 Å². The zero-order valence-corrected chi connectivity index (χ0v) is 12.7. The molecule has 0 unspecified atom stereocenters. The van der Waals surface area contributed by atoms with Gasteiger partial charge in [-0.2, -0.15) is 5.10 Å². The lowest BCUT2D eigenvalue weighted by atomic mass is 9.90. The van der Waals surface area contributed by atoms with Crippen molar-refractivity contribution in [1.82, 2.24) is 15.1 Å². The minimum absolute atomic E-state index is 0.0435. The Bertz CT molecular complexity index is 551. The molecule has 1 aromatic heterocycles. The van der Waals surface area contributed by atoms with E-state index in [0.29, 0.717) is 31.5 Å². The maximum absolute atomic E-state index is 12.9. The van der Waals surface area contributed by atoms with E-state index >= 15 is 0 Å². The predicted molar refractivity (Wildman–Crippen MR) is 76.0 cm³/mol. The van der Waals surface area contributed by atoms with Crippen LogP contribution in [0.25, 0.3) is 0 Å². The van der Waals surface area contributed by atoms with E-state index in [1.54, 1.807) is 4.68 Å². The molecule has 0 bridgehead atoms. The smallest absolute Gasteiger partial charge is 0.270 e. The van der Waals surface area contributed by atoms with Crippen molar-refractivity contribution in [1.29, 1.82) is 0 Å². The second-order valence-corrected chi connectivity index (χ2v) is 6.06. The van der Waals surface area contributed by atoms with Crippen LogP contribution in [0.1, 0.15) is 61.5 Å². The molecule has 1 aromatic rings. The summed E-state index contributed by atoms with van der Waals surface area (Å²) in [6, 6.07) is -0.0435. The van der Waals surface area contributed by atoms with E-state index in [9.17, 15) is 9.18 Å². The van der Waals surface area contributed by atoms with Gasteiger partial charge in [0, 0.05) is 24.6 Å². The molecule has 1 aliphatic heterocycles. The molecule has 2 aliphatic rings. The van der Waals surface area contributed by atoms with Crippen molar-refractivity contribution in [2.45, 2.75) is 71.0 Å². The third-order valence-electron chi connectivity index (χ3n) is 4.33. The van der Waals surface area contributed by atoms with E-state index in [1.165, 1.54) is 0 Å². The third-order valence-corrected chi connectivity index (χ3v) is 4.33. The van der Waals surface area contributed by atoms with Crippen LogP contribution in [0.5, 0.6) is 0 Å². The zero-order chi connectivity index (χ0) is 15.1. The molecule has 0 aromatic carbocycles. The Balaban J connectivity index is 1.88. The summed E-state index contributed by atoms with van der Waals surface area (Å²) in [5.74, 6) is -0.135. The van der Waals surface area contributed by atoms with E-state index in [4.69, 9.17) is 4.74 Å². The second-order valence-electron chi connectivity index (χ2n) is 6.06.